The third-order valence-electron chi connectivity index (χ3n) is 6.23. The molecule has 3 aromatic rings. The number of carbonyl (C=O) groups is 1. The molecule has 0 aromatic heterocycles. The number of benzene rings is 3. The summed E-state index contributed by atoms with van der Waals surface area (Å²) in [7, 11) is 0. The molecule has 0 saturated carbocycles. The van der Waals surface area contributed by atoms with E-state index in [1.54, 1.807) is 29.2 Å². The third-order valence-corrected chi connectivity index (χ3v) is 6.23. The number of aliphatic hydroxyl groups excluding tert-OH is 1. The molecule has 1 saturated heterocycles. The summed E-state index contributed by atoms with van der Waals surface area (Å²) in [5, 5.41) is 11.0. The van der Waals surface area contributed by atoms with E-state index < -0.39 is 35.4 Å². The summed E-state index contributed by atoms with van der Waals surface area (Å²) in [6.07, 6.45) is -5.53. The van der Waals surface area contributed by atoms with Crippen LogP contribution in [0.2, 0.25) is 0 Å². The molecule has 5 rings (SSSR count). The maximum Gasteiger partial charge on any atom is 0.416 e. The van der Waals surface area contributed by atoms with E-state index in [-0.39, 0.29) is 12.1 Å². The highest BCUT2D eigenvalue weighted by molar-refractivity contribution is 5.95. The highest BCUT2D eigenvalue weighted by atomic mass is 19.4. The predicted molar refractivity (Wildman–Crippen MR) is 108 cm³/mol. The van der Waals surface area contributed by atoms with Crippen molar-refractivity contribution in [1.82, 2.24) is 9.80 Å². The molecule has 3 aromatic carbocycles. The molecule has 2 heterocycles. The van der Waals surface area contributed by atoms with Crippen LogP contribution in [0.5, 0.6) is 0 Å². The zero-order chi connectivity index (χ0) is 22.7. The van der Waals surface area contributed by atoms with Crippen LogP contribution in [0.1, 0.15) is 38.8 Å². The normalized spacial score (nSPS) is 22.7. The second kappa shape index (κ2) is 7.15. The van der Waals surface area contributed by atoms with Gasteiger partial charge in [-0.05, 0) is 42.0 Å². The molecular formula is C24H18F4N2O2. The number of nitrogens with zero attached hydrogens (tertiary/aromatic N) is 2. The summed E-state index contributed by atoms with van der Waals surface area (Å²) >= 11 is 0. The van der Waals surface area contributed by atoms with Crippen molar-refractivity contribution in [2.24, 2.45) is 0 Å². The van der Waals surface area contributed by atoms with Crippen molar-refractivity contribution in [3.8, 4) is 0 Å². The van der Waals surface area contributed by atoms with Gasteiger partial charge in [0.1, 0.15) is 12.0 Å². The fourth-order valence-electron chi connectivity index (χ4n) is 4.86. The minimum atomic E-state index is -4.50. The van der Waals surface area contributed by atoms with Crippen LogP contribution in [0.4, 0.5) is 17.6 Å². The fraction of sp³-hybridized carbons (Fsp3) is 0.208. The van der Waals surface area contributed by atoms with E-state index in [1.807, 2.05) is 0 Å². The van der Waals surface area contributed by atoms with Crippen molar-refractivity contribution in [3.63, 3.8) is 0 Å². The Bertz CT molecular complexity index is 1180. The molecular weight excluding hydrogens is 424 g/mol. The van der Waals surface area contributed by atoms with Gasteiger partial charge in [-0.2, -0.15) is 13.2 Å². The first kappa shape index (κ1) is 20.7. The Kier molecular flexibility index (Phi) is 4.61. The molecule has 32 heavy (non-hydrogen) atoms. The molecule has 0 spiro atoms. The SMILES string of the molecule is O=C(c1ccc(F)cc1)N1CCN2C(O)c3ccccc3C12c1ccc(C(F)(F)F)cc1. The van der Waals surface area contributed by atoms with Crippen molar-refractivity contribution in [3.05, 3.63) is 106 Å². The fourth-order valence-corrected chi connectivity index (χ4v) is 4.86. The number of carbonyl (C=O) groups excluding carboxylic acids is 1. The number of aliphatic hydroxyl groups is 1. The summed E-state index contributed by atoms with van der Waals surface area (Å²) < 4.78 is 52.9. The summed E-state index contributed by atoms with van der Waals surface area (Å²) in [6, 6.07) is 16.8. The number of fused-ring (bicyclic) bond motifs is 3. The number of alkyl halides is 3. The quantitative estimate of drug-likeness (QED) is 0.594. The average molecular weight is 442 g/mol. The molecule has 2 unspecified atom stereocenters. The van der Waals surface area contributed by atoms with E-state index in [1.165, 1.54) is 41.3 Å². The maximum absolute atomic E-state index is 13.5. The highest BCUT2D eigenvalue weighted by Gasteiger charge is 2.59. The molecule has 0 radical (unpaired) electrons. The van der Waals surface area contributed by atoms with Crippen molar-refractivity contribution < 1.29 is 27.5 Å². The van der Waals surface area contributed by atoms with Gasteiger partial charge in [-0.25, -0.2) is 9.29 Å². The van der Waals surface area contributed by atoms with Gasteiger partial charge in [-0.3, -0.25) is 4.79 Å². The van der Waals surface area contributed by atoms with Crippen LogP contribution in [-0.4, -0.2) is 33.9 Å². The number of amides is 1. The summed E-state index contributed by atoms with van der Waals surface area (Å²) in [5.74, 6) is -0.889. The predicted octanol–water partition coefficient (Wildman–Crippen LogP) is 4.51. The van der Waals surface area contributed by atoms with Crippen LogP contribution in [-0.2, 0) is 11.8 Å². The number of rotatable bonds is 2. The maximum atomic E-state index is 13.5. The first-order chi connectivity index (χ1) is 15.2. The Morgan fingerprint density at radius 1 is 0.938 bits per heavy atom. The van der Waals surface area contributed by atoms with E-state index >= 15 is 0 Å². The van der Waals surface area contributed by atoms with Crippen LogP contribution in [0.3, 0.4) is 0 Å². The van der Waals surface area contributed by atoms with Crippen LogP contribution in [0, 0.1) is 5.82 Å². The minimum Gasteiger partial charge on any atom is -0.374 e. The largest absolute Gasteiger partial charge is 0.416 e. The molecule has 2 aliphatic rings. The van der Waals surface area contributed by atoms with Crippen molar-refractivity contribution >= 4 is 5.91 Å². The van der Waals surface area contributed by atoms with Crippen LogP contribution < -0.4 is 0 Å². The molecule has 0 aliphatic carbocycles. The average Bonchev–Trinajstić information content (AvgIpc) is 3.29. The van der Waals surface area contributed by atoms with Gasteiger partial charge in [0, 0.05) is 29.8 Å². The van der Waals surface area contributed by atoms with Gasteiger partial charge in [0.15, 0.2) is 5.66 Å². The Morgan fingerprint density at radius 2 is 1.59 bits per heavy atom. The van der Waals surface area contributed by atoms with E-state index in [0.29, 0.717) is 23.2 Å². The van der Waals surface area contributed by atoms with Crippen LogP contribution >= 0.6 is 0 Å². The lowest BCUT2D eigenvalue weighted by Gasteiger charge is -2.41. The summed E-state index contributed by atoms with van der Waals surface area (Å²) in [5.41, 5.74) is -0.193. The minimum absolute atomic E-state index is 0.239. The van der Waals surface area contributed by atoms with E-state index in [0.717, 1.165) is 12.1 Å². The number of halogens is 4. The van der Waals surface area contributed by atoms with E-state index in [2.05, 4.69) is 0 Å². The van der Waals surface area contributed by atoms with Crippen LogP contribution in [0.25, 0.3) is 0 Å². The highest BCUT2D eigenvalue weighted by Crippen LogP contribution is 2.54. The lowest BCUT2D eigenvalue weighted by Crippen LogP contribution is -2.51. The second-order valence-corrected chi connectivity index (χ2v) is 7.87. The molecule has 1 amide bonds. The zero-order valence-corrected chi connectivity index (χ0v) is 16.7. The molecule has 1 N–H and O–H groups in total. The van der Waals surface area contributed by atoms with Gasteiger partial charge in [0.05, 0.1) is 5.56 Å². The molecule has 1 fully saturated rings. The van der Waals surface area contributed by atoms with Gasteiger partial charge in [0.25, 0.3) is 5.91 Å². The van der Waals surface area contributed by atoms with Gasteiger partial charge in [-0.15, -0.1) is 0 Å². The Morgan fingerprint density at radius 3 is 2.25 bits per heavy atom. The first-order valence-corrected chi connectivity index (χ1v) is 10.0. The Hall–Kier alpha value is -3.23. The Balaban J connectivity index is 1.70. The van der Waals surface area contributed by atoms with Crippen molar-refractivity contribution in [2.75, 3.05) is 13.1 Å². The standard InChI is InChI=1S/C24H18F4N2O2/c25-18-11-5-15(6-12-18)21(31)29-13-14-30-22(32)19-3-1-2-4-20(19)23(29,30)16-7-9-17(10-8-16)24(26,27)28/h1-12,22,32H,13-14H2. The molecule has 2 aliphatic heterocycles. The monoisotopic (exact) mass is 442 g/mol. The smallest absolute Gasteiger partial charge is 0.374 e. The molecule has 8 heteroatoms. The summed E-state index contributed by atoms with van der Waals surface area (Å²) in [4.78, 5) is 16.8. The van der Waals surface area contributed by atoms with Crippen molar-refractivity contribution in [1.29, 1.82) is 0 Å². The summed E-state index contributed by atoms with van der Waals surface area (Å²) in [6.45, 7) is 0.548. The third kappa shape index (κ3) is 2.87. The molecule has 2 atom stereocenters. The van der Waals surface area contributed by atoms with E-state index in [9.17, 15) is 27.5 Å². The van der Waals surface area contributed by atoms with Gasteiger partial charge >= 0.3 is 6.18 Å². The number of hydrogen-bond donors (Lipinski definition) is 1. The first-order valence-electron chi connectivity index (χ1n) is 10.0. The van der Waals surface area contributed by atoms with Gasteiger partial charge in [0.2, 0.25) is 0 Å². The molecule has 0 bridgehead atoms. The molecule has 164 valence electrons. The molecule has 4 nitrogen and oxygen atoms in total. The van der Waals surface area contributed by atoms with Gasteiger partial charge < -0.3 is 10.0 Å². The zero-order valence-electron chi connectivity index (χ0n) is 16.7. The second-order valence-electron chi connectivity index (χ2n) is 7.87. The topological polar surface area (TPSA) is 43.8 Å². The van der Waals surface area contributed by atoms with Crippen molar-refractivity contribution in [2.45, 2.75) is 18.1 Å². The van der Waals surface area contributed by atoms with E-state index in [4.69, 9.17) is 0 Å². The van der Waals surface area contributed by atoms with Crippen LogP contribution in [0.15, 0.2) is 72.8 Å². The Labute approximate surface area is 181 Å². The number of hydrogen-bond acceptors (Lipinski definition) is 3. The van der Waals surface area contributed by atoms with Gasteiger partial charge in [-0.1, -0.05) is 36.4 Å². The lowest BCUT2D eigenvalue weighted by molar-refractivity contribution is -0.137. The lowest BCUT2D eigenvalue weighted by atomic mass is 9.89.